The summed E-state index contributed by atoms with van der Waals surface area (Å²) in [5.41, 5.74) is 1.30. The van der Waals surface area contributed by atoms with Crippen LogP contribution in [-0.4, -0.2) is 35.6 Å². The first kappa shape index (κ1) is 16.2. The highest BCUT2D eigenvalue weighted by Gasteiger charge is 2.19. The lowest BCUT2D eigenvalue weighted by molar-refractivity contribution is 0.0582. The van der Waals surface area contributed by atoms with E-state index in [-0.39, 0.29) is 0 Å². The topological polar surface area (TPSA) is 39.1 Å². The smallest absolute Gasteiger partial charge is 0.0724 e. The molecule has 110 valence electrons. The molecule has 0 aliphatic rings. The van der Waals surface area contributed by atoms with Crippen LogP contribution in [0.25, 0.3) is 0 Å². The van der Waals surface area contributed by atoms with E-state index in [2.05, 4.69) is 30.5 Å². The van der Waals surface area contributed by atoms with Gasteiger partial charge in [0.1, 0.15) is 0 Å². The van der Waals surface area contributed by atoms with Gasteiger partial charge in [-0.25, -0.2) is 0 Å². The van der Waals surface area contributed by atoms with E-state index in [0.717, 1.165) is 38.6 Å². The van der Waals surface area contributed by atoms with Crippen LogP contribution in [0, 0.1) is 0 Å². The number of hydrogen-bond donors (Lipinski definition) is 1. The molecule has 19 heavy (non-hydrogen) atoms. The molecule has 0 saturated heterocycles. The van der Waals surface area contributed by atoms with Gasteiger partial charge in [-0.1, -0.05) is 20.3 Å². The summed E-state index contributed by atoms with van der Waals surface area (Å²) in [6.45, 7) is 5.47. The molecule has 1 heterocycles. The molecule has 1 aromatic rings. The van der Waals surface area contributed by atoms with Gasteiger partial charge in [-0.15, -0.1) is 0 Å². The zero-order valence-corrected chi connectivity index (χ0v) is 12.9. The van der Waals surface area contributed by atoms with Crippen molar-refractivity contribution in [1.82, 2.24) is 15.1 Å². The Balaban J connectivity index is 2.52. The molecule has 1 rings (SSSR count). The molecular weight excluding hydrogens is 238 g/mol. The van der Waals surface area contributed by atoms with Gasteiger partial charge < -0.3 is 10.1 Å². The van der Waals surface area contributed by atoms with Gasteiger partial charge in [0.2, 0.25) is 0 Å². The first-order valence-electron chi connectivity index (χ1n) is 7.44. The Hall–Kier alpha value is -0.870. The molecule has 0 bridgehead atoms. The fourth-order valence-corrected chi connectivity index (χ4v) is 2.44. The lowest BCUT2D eigenvalue weighted by Crippen LogP contribution is -2.41. The SMILES string of the molecule is CCCNC(CCc1cnn(C)c1)C(CCC)OC. The van der Waals surface area contributed by atoms with Crippen LogP contribution in [0.15, 0.2) is 12.4 Å². The van der Waals surface area contributed by atoms with Crippen molar-refractivity contribution in [2.24, 2.45) is 7.05 Å². The summed E-state index contributed by atoms with van der Waals surface area (Å²) < 4.78 is 7.52. The van der Waals surface area contributed by atoms with Crippen molar-refractivity contribution in [2.45, 2.75) is 58.1 Å². The zero-order valence-electron chi connectivity index (χ0n) is 12.9. The molecule has 4 heteroatoms. The average molecular weight is 267 g/mol. The van der Waals surface area contributed by atoms with Gasteiger partial charge in [-0.05, 0) is 37.8 Å². The van der Waals surface area contributed by atoms with Crippen LogP contribution >= 0.6 is 0 Å². The molecule has 0 spiro atoms. The van der Waals surface area contributed by atoms with Gasteiger partial charge in [0.25, 0.3) is 0 Å². The molecule has 4 nitrogen and oxygen atoms in total. The fourth-order valence-electron chi connectivity index (χ4n) is 2.44. The van der Waals surface area contributed by atoms with Crippen molar-refractivity contribution in [3.63, 3.8) is 0 Å². The molecule has 0 fully saturated rings. The van der Waals surface area contributed by atoms with E-state index in [1.807, 2.05) is 25.0 Å². The second-order valence-electron chi connectivity index (χ2n) is 5.18. The molecule has 0 aliphatic heterocycles. The number of rotatable bonds is 10. The predicted octanol–water partition coefficient (Wildman–Crippen LogP) is 2.54. The largest absolute Gasteiger partial charge is 0.380 e. The first-order chi connectivity index (χ1) is 9.21. The number of nitrogens with zero attached hydrogens (tertiary/aromatic N) is 2. The van der Waals surface area contributed by atoms with Crippen molar-refractivity contribution >= 4 is 0 Å². The molecular formula is C15H29N3O. The van der Waals surface area contributed by atoms with Gasteiger partial charge in [0.15, 0.2) is 0 Å². The van der Waals surface area contributed by atoms with Gasteiger partial charge in [0, 0.05) is 26.4 Å². The van der Waals surface area contributed by atoms with Crippen LogP contribution in [0.3, 0.4) is 0 Å². The van der Waals surface area contributed by atoms with Gasteiger partial charge in [-0.3, -0.25) is 4.68 Å². The second kappa shape index (κ2) is 9.10. The quantitative estimate of drug-likeness (QED) is 0.708. The lowest BCUT2D eigenvalue weighted by atomic mass is 9.99. The Morgan fingerprint density at radius 2 is 2.11 bits per heavy atom. The maximum Gasteiger partial charge on any atom is 0.0724 e. The van der Waals surface area contributed by atoms with E-state index in [0.29, 0.717) is 12.1 Å². The lowest BCUT2D eigenvalue weighted by Gasteiger charge is -2.27. The Labute approximate surface area is 117 Å². The van der Waals surface area contributed by atoms with Gasteiger partial charge in [-0.2, -0.15) is 5.10 Å². The second-order valence-corrected chi connectivity index (χ2v) is 5.18. The van der Waals surface area contributed by atoms with E-state index >= 15 is 0 Å². The van der Waals surface area contributed by atoms with Crippen LogP contribution in [0.1, 0.15) is 45.1 Å². The number of ether oxygens (including phenoxy) is 1. The molecule has 1 N–H and O–H groups in total. The number of nitrogens with one attached hydrogen (secondary N) is 1. The van der Waals surface area contributed by atoms with E-state index in [1.54, 1.807) is 0 Å². The third-order valence-electron chi connectivity index (χ3n) is 3.48. The summed E-state index contributed by atoms with van der Waals surface area (Å²) in [6.07, 6.45) is 9.96. The van der Waals surface area contributed by atoms with E-state index in [1.165, 1.54) is 5.56 Å². The van der Waals surface area contributed by atoms with Crippen LogP contribution in [0.4, 0.5) is 0 Å². The Morgan fingerprint density at radius 1 is 1.32 bits per heavy atom. The minimum absolute atomic E-state index is 0.313. The molecule has 2 unspecified atom stereocenters. The monoisotopic (exact) mass is 267 g/mol. The standard InChI is InChI=1S/C15H29N3O/c1-5-7-15(19-4)14(16-10-6-2)9-8-13-11-17-18(3)12-13/h11-12,14-16H,5-10H2,1-4H3. The summed E-state index contributed by atoms with van der Waals surface area (Å²) in [7, 11) is 3.79. The van der Waals surface area contributed by atoms with E-state index < -0.39 is 0 Å². The minimum Gasteiger partial charge on any atom is -0.380 e. The average Bonchev–Trinajstić information content (AvgIpc) is 2.82. The van der Waals surface area contributed by atoms with E-state index in [9.17, 15) is 0 Å². The van der Waals surface area contributed by atoms with Crippen LogP contribution in [0.5, 0.6) is 0 Å². The first-order valence-corrected chi connectivity index (χ1v) is 7.44. The molecule has 0 saturated carbocycles. The summed E-state index contributed by atoms with van der Waals surface area (Å²) in [4.78, 5) is 0. The maximum atomic E-state index is 5.66. The Kier molecular flexibility index (Phi) is 7.75. The molecule has 0 radical (unpaired) electrons. The van der Waals surface area contributed by atoms with Gasteiger partial charge >= 0.3 is 0 Å². The molecule has 0 aromatic carbocycles. The Morgan fingerprint density at radius 3 is 2.63 bits per heavy atom. The van der Waals surface area contributed by atoms with Crippen molar-refractivity contribution < 1.29 is 4.74 Å². The summed E-state index contributed by atoms with van der Waals surface area (Å²) in [5, 5.41) is 7.85. The molecule has 2 atom stereocenters. The Bertz CT molecular complexity index is 338. The third kappa shape index (κ3) is 5.74. The number of methoxy groups -OCH3 is 1. The number of aromatic nitrogens is 2. The molecule has 1 aromatic heterocycles. The summed E-state index contributed by atoms with van der Waals surface area (Å²) in [5.74, 6) is 0. The van der Waals surface area contributed by atoms with Crippen molar-refractivity contribution in [3.8, 4) is 0 Å². The van der Waals surface area contributed by atoms with E-state index in [4.69, 9.17) is 4.74 Å². The third-order valence-corrected chi connectivity index (χ3v) is 3.48. The van der Waals surface area contributed by atoms with Crippen LogP contribution < -0.4 is 5.32 Å². The fraction of sp³-hybridized carbons (Fsp3) is 0.800. The highest BCUT2D eigenvalue weighted by atomic mass is 16.5. The van der Waals surface area contributed by atoms with Gasteiger partial charge in [0.05, 0.1) is 12.3 Å². The van der Waals surface area contributed by atoms with Crippen LogP contribution in [0.2, 0.25) is 0 Å². The normalized spacial score (nSPS) is 14.5. The molecule has 0 amide bonds. The maximum absolute atomic E-state index is 5.66. The number of aryl methyl sites for hydroxylation is 2. The highest BCUT2D eigenvalue weighted by Crippen LogP contribution is 2.13. The summed E-state index contributed by atoms with van der Waals surface area (Å²) in [6, 6.07) is 0.435. The molecule has 0 aliphatic carbocycles. The summed E-state index contributed by atoms with van der Waals surface area (Å²) >= 11 is 0. The van der Waals surface area contributed by atoms with Crippen molar-refractivity contribution in [2.75, 3.05) is 13.7 Å². The van der Waals surface area contributed by atoms with Crippen molar-refractivity contribution in [3.05, 3.63) is 18.0 Å². The predicted molar refractivity (Wildman–Crippen MR) is 79.3 cm³/mol. The zero-order chi connectivity index (χ0) is 14.1. The number of hydrogen-bond acceptors (Lipinski definition) is 3. The van der Waals surface area contributed by atoms with Crippen LogP contribution in [-0.2, 0) is 18.2 Å². The minimum atomic E-state index is 0.313. The van der Waals surface area contributed by atoms with Crippen molar-refractivity contribution in [1.29, 1.82) is 0 Å². The highest BCUT2D eigenvalue weighted by molar-refractivity contribution is 5.04.